The van der Waals surface area contributed by atoms with E-state index in [4.69, 9.17) is 4.74 Å². The van der Waals surface area contributed by atoms with Gasteiger partial charge in [-0.3, -0.25) is 9.55 Å². The maximum Gasteiger partial charge on any atom is 0.338 e. The molecule has 1 saturated heterocycles. The summed E-state index contributed by atoms with van der Waals surface area (Å²) in [5.74, 6) is -0.728. The van der Waals surface area contributed by atoms with E-state index in [2.05, 4.69) is 14.9 Å². The molecule has 1 N–H and O–H groups in total. The van der Waals surface area contributed by atoms with Crippen molar-refractivity contribution in [1.82, 2.24) is 14.5 Å². The minimum Gasteiger partial charge on any atom is -0.478 e. The number of halogens is 1. The Morgan fingerprint density at radius 2 is 2.00 bits per heavy atom. The number of rotatable bonds is 4. The number of aromatic nitrogens is 3. The van der Waals surface area contributed by atoms with E-state index in [1.165, 1.54) is 6.07 Å². The number of pyridine rings is 1. The molecule has 0 bridgehead atoms. The molecular formula is C23H21FN4O3. The summed E-state index contributed by atoms with van der Waals surface area (Å²) < 4.78 is 21.8. The Morgan fingerprint density at radius 1 is 1.19 bits per heavy atom. The first kappa shape index (κ1) is 19.4. The summed E-state index contributed by atoms with van der Waals surface area (Å²) in [4.78, 5) is 23.1. The second-order valence-electron chi connectivity index (χ2n) is 7.45. The number of fused-ring (bicyclic) bond motifs is 2. The first-order chi connectivity index (χ1) is 15.1. The van der Waals surface area contributed by atoms with Crippen molar-refractivity contribution in [1.29, 1.82) is 0 Å². The Kier molecular flexibility index (Phi) is 4.78. The van der Waals surface area contributed by atoms with Crippen LogP contribution in [0, 0.1) is 5.82 Å². The van der Waals surface area contributed by atoms with E-state index in [0.717, 1.165) is 11.4 Å². The van der Waals surface area contributed by atoms with E-state index in [0.29, 0.717) is 55.0 Å². The van der Waals surface area contributed by atoms with E-state index >= 15 is 0 Å². The molecule has 0 atom stereocenters. The average molecular weight is 420 g/mol. The van der Waals surface area contributed by atoms with Crippen molar-refractivity contribution >= 4 is 33.6 Å². The number of hydrogen-bond donors (Lipinski definition) is 1. The number of carboxylic acid groups (broad SMARTS) is 1. The summed E-state index contributed by atoms with van der Waals surface area (Å²) >= 11 is 0. The third kappa shape index (κ3) is 3.19. The molecule has 3 heterocycles. The highest BCUT2D eigenvalue weighted by molar-refractivity contribution is 6.04. The zero-order chi connectivity index (χ0) is 21.5. The highest BCUT2D eigenvalue weighted by atomic mass is 19.1. The average Bonchev–Trinajstić information content (AvgIpc) is 3.17. The van der Waals surface area contributed by atoms with Gasteiger partial charge in [-0.15, -0.1) is 0 Å². The number of aryl methyl sites for hydroxylation is 1. The number of benzene rings is 2. The van der Waals surface area contributed by atoms with Crippen LogP contribution in [-0.2, 0) is 11.2 Å². The van der Waals surface area contributed by atoms with E-state index in [1.807, 2.05) is 29.7 Å². The molecule has 1 aliphatic heterocycles. The number of aromatic carboxylic acids is 1. The van der Waals surface area contributed by atoms with Crippen molar-refractivity contribution in [3.63, 3.8) is 0 Å². The van der Waals surface area contributed by atoms with E-state index in [1.54, 1.807) is 18.3 Å². The third-order valence-electron chi connectivity index (χ3n) is 5.68. The fraction of sp³-hybridized carbons (Fsp3) is 0.261. The fourth-order valence-electron chi connectivity index (χ4n) is 4.20. The van der Waals surface area contributed by atoms with Gasteiger partial charge in [0, 0.05) is 36.8 Å². The van der Waals surface area contributed by atoms with Gasteiger partial charge in [0.15, 0.2) is 0 Å². The molecule has 0 spiro atoms. The van der Waals surface area contributed by atoms with Crippen LogP contribution in [0.4, 0.5) is 10.1 Å². The van der Waals surface area contributed by atoms with Crippen molar-refractivity contribution in [2.75, 3.05) is 31.2 Å². The highest BCUT2D eigenvalue weighted by Gasteiger charge is 2.23. The predicted molar refractivity (Wildman–Crippen MR) is 116 cm³/mol. The first-order valence-electron chi connectivity index (χ1n) is 10.2. The minimum atomic E-state index is -1.03. The van der Waals surface area contributed by atoms with E-state index < -0.39 is 11.8 Å². The summed E-state index contributed by atoms with van der Waals surface area (Å²) in [6, 6.07) is 10.3. The number of ether oxygens (including phenoxy) is 1. The lowest BCUT2D eigenvalue weighted by Gasteiger charge is -2.29. The third-order valence-corrected chi connectivity index (χ3v) is 5.68. The molecule has 31 heavy (non-hydrogen) atoms. The monoisotopic (exact) mass is 420 g/mol. The van der Waals surface area contributed by atoms with Gasteiger partial charge in [-0.25, -0.2) is 14.2 Å². The normalized spacial score (nSPS) is 14.5. The van der Waals surface area contributed by atoms with Gasteiger partial charge in [-0.2, -0.15) is 0 Å². The Bertz CT molecular complexity index is 1310. The van der Waals surface area contributed by atoms with Crippen molar-refractivity contribution in [2.45, 2.75) is 13.3 Å². The predicted octanol–water partition coefficient (Wildman–Crippen LogP) is 3.81. The molecule has 0 saturated carbocycles. The summed E-state index contributed by atoms with van der Waals surface area (Å²) in [6.45, 7) is 4.51. The van der Waals surface area contributed by atoms with Gasteiger partial charge >= 0.3 is 5.97 Å². The fourth-order valence-corrected chi connectivity index (χ4v) is 4.20. The maximum absolute atomic E-state index is 14.4. The number of morpholine rings is 1. The number of carboxylic acids is 1. The highest BCUT2D eigenvalue weighted by Crippen LogP contribution is 2.32. The molecule has 2 aromatic carbocycles. The van der Waals surface area contributed by atoms with Crippen LogP contribution in [0.25, 0.3) is 27.6 Å². The van der Waals surface area contributed by atoms with Crippen LogP contribution < -0.4 is 4.90 Å². The number of carbonyl (C=O) groups is 1. The molecule has 0 radical (unpaired) electrons. The van der Waals surface area contributed by atoms with Gasteiger partial charge in [-0.1, -0.05) is 19.1 Å². The van der Waals surface area contributed by atoms with Crippen molar-refractivity contribution < 1.29 is 19.0 Å². The summed E-state index contributed by atoms with van der Waals surface area (Å²) in [5, 5.41) is 10.5. The van der Waals surface area contributed by atoms with Crippen LogP contribution in [0.2, 0.25) is 0 Å². The van der Waals surface area contributed by atoms with Crippen LogP contribution in [0.3, 0.4) is 0 Å². The molecule has 0 aliphatic carbocycles. The molecule has 158 valence electrons. The summed E-state index contributed by atoms with van der Waals surface area (Å²) in [7, 11) is 0. The number of nitrogens with zero attached hydrogens (tertiary/aromatic N) is 4. The number of para-hydroxylation sites is 1. The lowest BCUT2D eigenvalue weighted by molar-refractivity contribution is 0.0699. The van der Waals surface area contributed by atoms with Crippen molar-refractivity contribution in [2.24, 2.45) is 0 Å². The van der Waals surface area contributed by atoms with Crippen LogP contribution in [-0.4, -0.2) is 51.9 Å². The van der Waals surface area contributed by atoms with Gasteiger partial charge in [-0.05, 0) is 24.3 Å². The molecule has 5 rings (SSSR count). The van der Waals surface area contributed by atoms with Gasteiger partial charge < -0.3 is 14.7 Å². The standard InChI is InChI=1S/C23H21FN4O3/c1-2-20-26-22-16(23(29)30)12-14(27-8-10-31-11-9-27)13-19(22)28(20)18-6-7-25-21-15(18)4-3-5-17(21)24/h3-7,12-13H,2,8-11H2,1H3,(H,29,30). The maximum atomic E-state index is 14.4. The van der Waals surface area contributed by atoms with Crippen molar-refractivity contribution in [3.8, 4) is 5.69 Å². The number of hydrogen-bond acceptors (Lipinski definition) is 5. The Balaban J connectivity index is 1.83. The molecule has 2 aromatic heterocycles. The number of imidazole rings is 1. The smallest absolute Gasteiger partial charge is 0.338 e. The second kappa shape index (κ2) is 7.63. The lowest BCUT2D eigenvalue weighted by atomic mass is 10.1. The summed E-state index contributed by atoms with van der Waals surface area (Å²) in [5.41, 5.74) is 3.04. The van der Waals surface area contributed by atoms with E-state index in [-0.39, 0.29) is 11.1 Å². The van der Waals surface area contributed by atoms with Crippen LogP contribution >= 0.6 is 0 Å². The van der Waals surface area contributed by atoms with E-state index in [9.17, 15) is 14.3 Å². The Labute approximate surface area is 177 Å². The quantitative estimate of drug-likeness (QED) is 0.541. The van der Waals surface area contributed by atoms with Crippen molar-refractivity contribution in [3.05, 3.63) is 59.8 Å². The molecule has 1 aliphatic rings. The molecule has 7 nitrogen and oxygen atoms in total. The van der Waals surface area contributed by atoms with Crippen LogP contribution in [0.1, 0.15) is 23.1 Å². The zero-order valence-corrected chi connectivity index (χ0v) is 17.0. The van der Waals surface area contributed by atoms with Gasteiger partial charge in [0.1, 0.15) is 22.7 Å². The SMILES string of the molecule is CCc1nc2c(C(=O)O)cc(N3CCOCC3)cc2n1-c1ccnc2c(F)cccc12. The molecule has 0 amide bonds. The molecule has 8 heteroatoms. The lowest BCUT2D eigenvalue weighted by Crippen LogP contribution is -2.36. The van der Waals surface area contributed by atoms with Gasteiger partial charge in [0.05, 0.1) is 30.0 Å². The molecule has 4 aromatic rings. The first-order valence-corrected chi connectivity index (χ1v) is 10.2. The molecule has 1 fully saturated rings. The molecular weight excluding hydrogens is 399 g/mol. The van der Waals surface area contributed by atoms with Gasteiger partial charge in [0.2, 0.25) is 0 Å². The zero-order valence-electron chi connectivity index (χ0n) is 17.0. The van der Waals surface area contributed by atoms with Crippen LogP contribution in [0.5, 0.6) is 0 Å². The van der Waals surface area contributed by atoms with Crippen LogP contribution in [0.15, 0.2) is 42.6 Å². The largest absolute Gasteiger partial charge is 0.478 e. The Morgan fingerprint density at radius 3 is 2.74 bits per heavy atom. The second-order valence-corrected chi connectivity index (χ2v) is 7.45. The Hall–Kier alpha value is -3.52. The molecule has 0 unspecified atom stereocenters. The summed E-state index contributed by atoms with van der Waals surface area (Å²) in [6.07, 6.45) is 2.15. The topological polar surface area (TPSA) is 80.5 Å². The number of anilines is 1. The van der Waals surface area contributed by atoms with Gasteiger partial charge in [0.25, 0.3) is 0 Å². The minimum absolute atomic E-state index is 0.150.